The quantitative estimate of drug-likeness (QED) is 0.716. The molecule has 1 atom stereocenters. The number of benzene rings is 1. The first-order valence-corrected chi connectivity index (χ1v) is 9.79. The number of nitrogens with one attached hydrogen (secondary N) is 1. The molecule has 2 heterocycles. The highest BCUT2D eigenvalue weighted by Crippen LogP contribution is 2.34. The van der Waals surface area contributed by atoms with E-state index in [-0.39, 0.29) is 23.3 Å². The van der Waals surface area contributed by atoms with E-state index in [0.717, 1.165) is 11.8 Å². The number of fused-ring (bicyclic) bond motifs is 1. The van der Waals surface area contributed by atoms with Crippen LogP contribution in [0.5, 0.6) is 5.75 Å². The fraction of sp³-hybridized carbons (Fsp3) is 0.476. The lowest BCUT2D eigenvalue weighted by molar-refractivity contribution is -0.127. The number of alkyl halides is 2. The molecule has 1 aromatic carbocycles. The number of nitrogens with zero attached hydrogens (tertiary/aromatic N) is 1. The summed E-state index contributed by atoms with van der Waals surface area (Å²) in [6.07, 6.45) is 1.27. The third kappa shape index (κ3) is 3.94. The zero-order chi connectivity index (χ0) is 21.6. The number of hydrogen-bond acceptors (Lipinski definition) is 5. The Hall–Kier alpha value is -2.81. The van der Waals surface area contributed by atoms with Gasteiger partial charge in [-0.25, -0.2) is 8.78 Å². The first-order chi connectivity index (χ1) is 14.1. The summed E-state index contributed by atoms with van der Waals surface area (Å²) >= 11 is 0. The van der Waals surface area contributed by atoms with Crippen molar-refractivity contribution in [2.24, 2.45) is 0 Å². The number of ether oxygens (including phenoxy) is 2. The van der Waals surface area contributed by atoms with Crippen molar-refractivity contribution in [3.8, 4) is 5.75 Å². The van der Waals surface area contributed by atoms with Crippen LogP contribution >= 0.6 is 0 Å². The smallest absolute Gasteiger partial charge is 0.268 e. The maximum Gasteiger partial charge on any atom is 0.268 e. The van der Waals surface area contributed by atoms with Crippen LogP contribution in [0.4, 0.5) is 8.78 Å². The van der Waals surface area contributed by atoms with E-state index in [1.54, 1.807) is 6.07 Å². The number of hydrogen-bond donors (Lipinski definition) is 1. The van der Waals surface area contributed by atoms with Crippen molar-refractivity contribution in [3.63, 3.8) is 0 Å². The van der Waals surface area contributed by atoms with Crippen LogP contribution in [0.2, 0.25) is 0 Å². The van der Waals surface area contributed by atoms with Crippen LogP contribution in [0.25, 0.3) is 0 Å². The van der Waals surface area contributed by atoms with Gasteiger partial charge >= 0.3 is 0 Å². The number of piperidine rings is 1. The average molecular weight is 420 g/mol. The Labute approximate surface area is 172 Å². The van der Waals surface area contributed by atoms with Crippen molar-refractivity contribution in [2.75, 3.05) is 6.61 Å². The number of rotatable bonds is 6. The number of imide groups is 1. The molecule has 2 aliphatic heterocycles. The lowest BCUT2D eigenvalue weighted by atomic mass is 9.92. The number of allylic oxidation sites excluding steroid dienone is 1. The lowest BCUT2D eigenvalue weighted by Crippen LogP contribution is -2.51. The van der Waals surface area contributed by atoms with Crippen LogP contribution in [0.15, 0.2) is 30.5 Å². The van der Waals surface area contributed by atoms with Gasteiger partial charge in [0.2, 0.25) is 5.91 Å². The summed E-state index contributed by atoms with van der Waals surface area (Å²) in [5.74, 6) is -3.93. The molecule has 160 valence electrons. The molecule has 0 spiro atoms. The fourth-order valence-electron chi connectivity index (χ4n) is 3.81. The SMILES string of the molecule is C=C1CCC(N2C(=O)c3ccc(O[C@H]4C[C@H](OCC(C)(F)F)C4)cc3C2=O)C(=O)N1. The Kier molecular flexibility index (Phi) is 5.09. The molecule has 1 aliphatic carbocycles. The minimum Gasteiger partial charge on any atom is -0.490 e. The Bertz CT molecular complexity index is 920. The van der Waals surface area contributed by atoms with E-state index in [1.165, 1.54) is 12.1 Å². The van der Waals surface area contributed by atoms with Crippen LogP contribution in [-0.4, -0.2) is 53.4 Å². The molecular weight excluding hydrogens is 398 g/mol. The summed E-state index contributed by atoms with van der Waals surface area (Å²) in [5.41, 5.74) is 0.978. The molecule has 3 aliphatic rings. The molecule has 2 fully saturated rings. The molecule has 0 radical (unpaired) electrons. The molecule has 0 aromatic heterocycles. The highest BCUT2D eigenvalue weighted by atomic mass is 19.3. The van der Waals surface area contributed by atoms with Gasteiger partial charge in [0.05, 0.1) is 17.2 Å². The van der Waals surface area contributed by atoms with Crippen LogP contribution < -0.4 is 10.1 Å². The number of halogens is 2. The second-order valence-electron chi connectivity index (χ2n) is 8.05. The zero-order valence-corrected chi connectivity index (χ0v) is 16.5. The molecule has 1 saturated heterocycles. The third-order valence-corrected chi connectivity index (χ3v) is 5.45. The van der Waals surface area contributed by atoms with E-state index in [4.69, 9.17) is 9.47 Å². The van der Waals surface area contributed by atoms with Crippen LogP contribution in [-0.2, 0) is 9.53 Å². The Morgan fingerprint density at radius 1 is 1.17 bits per heavy atom. The largest absolute Gasteiger partial charge is 0.490 e. The van der Waals surface area contributed by atoms with E-state index in [0.29, 0.717) is 37.1 Å². The first kappa shape index (κ1) is 20.5. The molecule has 7 nitrogen and oxygen atoms in total. The van der Waals surface area contributed by atoms with E-state index in [9.17, 15) is 23.2 Å². The summed E-state index contributed by atoms with van der Waals surface area (Å²) in [7, 11) is 0. The van der Waals surface area contributed by atoms with Gasteiger partial charge in [0, 0.05) is 25.5 Å². The molecule has 1 aromatic rings. The molecule has 1 unspecified atom stereocenters. The van der Waals surface area contributed by atoms with E-state index in [1.807, 2.05) is 0 Å². The highest BCUT2D eigenvalue weighted by Gasteiger charge is 2.44. The topological polar surface area (TPSA) is 84.9 Å². The van der Waals surface area contributed by atoms with E-state index in [2.05, 4.69) is 11.9 Å². The van der Waals surface area contributed by atoms with Crippen molar-refractivity contribution < 1.29 is 32.6 Å². The second kappa shape index (κ2) is 7.46. The molecule has 3 amide bonds. The summed E-state index contributed by atoms with van der Waals surface area (Å²) in [6, 6.07) is 3.72. The van der Waals surface area contributed by atoms with Gasteiger partial charge in [-0.3, -0.25) is 19.3 Å². The molecule has 9 heteroatoms. The number of carbonyl (C=O) groups excluding carboxylic acids is 3. The van der Waals surface area contributed by atoms with Gasteiger partial charge in [0.15, 0.2) is 0 Å². The second-order valence-corrected chi connectivity index (χ2v) is 8.05. The summed E-state index contributed by atoms with van der Waals surface area (Å²) in [6.45, 7) is 3.88. The average Bonchev–Trinajstić information content (AvgIpc) is 2.87. The third-order valence-electron chi connectivity index (χ3n) is 5.45. The summed E-state index contributed by atoms with van der Waals surface area (Å²) in [5, 5.41) is 2.59. The zero-order valence-electron chi connectivity index (χ0n) is 16.5. The predicted octanol–water partition coefficient (Wildman–Crippen LogP) is 2.66. The fourth-order valence-corrected chi connectivity index (χ4v) is 3.81. The van der Waals surface area contributed by atoms with Gasteiger partial charge in [-0.15, -0.1) is 0 Å². The Morgan fingerprint density at radius 3 is 2.53 bits per heavy atom. The predicted molar refractivity (Wildman–Crippen MR) is 101 cm³/mol. The summed E-state index contributed by atoms with van der Waals surface area (Å²) < 4.78 is 36.6. The van der Waals surface area contributed by atoms with Crippen molar-refractivity contribution in [1.29, 1.82) is 0 Å². The number of carbonyl (C=O) groups is 3. The number of amides is 3. The Balaban J connectivity index is 1.39. The van der Waals surface area contributed by atoms with Gasteiger partial charge in [0.25, 0.3) is 17.7 Å². The van der Waals surface area contributed by atoms with Gasteiger partial charge in [-0.1, -0.05) is 6.58 Å². The molecule has 1 saturated carbocycles. The van der Waals surface area contributed by atoms with Crippen molar-refractivity contribution in [3.05, 3.63) is 41.6 Å². The standard InChI is InChI=1S/C21H22F2N2O5/c1-11-3-6-17(18(26)24-11)25-19(27)15-5-4-12(9-16(15)20(25)28)30-14-7-13(8-14)29-10-21(2,22)23/h4-5,9,13-14,17H,1,3,6-8,10H2,2H3,(H,24,26)/t13-,14-,17?. The van der Waals surface area contributed by atoms with Crippen LogP contribution in [0.3, 0.4) is 0 Å². The van der Waals surface area contributed by atoms with Crippen LogP contribution in [0, 0.1) is 0 Å². The Morgan fingerprint density at radius 2 is 1.87 bits per heavy atom. The minimum absolute atomic E-state index is 0.187. The van der Waals surface area contributed by atoms with Crippen molar-refractivity contribution in [2.45, 2.75) is 56.8 Å². The van der Waals surface area contributed by atoms with E-state index >= 15 is 0 Å². The molecule has 4 rings (SSSR count). The molecular formula is C21H22F2N2O5. The maximum atomic E-state index is 12.8. The highest BCUT2D eigenvalue weighted by molar-refractivity contribution is 6.23. The monoisotopic (exact) mass is 420 g/mol. The molecule has 0 bridgehead atoms. The van der Waals surface area contributed by atoms with Gasteiger partial charge in [0.1, 0.15) is 24.5 Å². The normalized spacial score (nSPS) is 26.4. The van der Waals surface area contributed by atoms with Crippen LogP contribution in [0.1, 0.15) is 53.3 Å². The van der Waals surface area contributed by atoms with Gasteiger partial charge < -0.3 is 14.8 Å². The van der Waals surface area contributed by atoms with E-state index < -0.39 is 36.3 Å². The maximum absolute atomic E-state index is 12.8. The van der Waals surface area contributed by atoms with Gasteiger partial charge in [-0.05, 0) is 31.0 Å². The summed E-state index contributed by atoms with van der Waals surface area (Å²) in [4.78, 5) is 38.8. The molecule has 30 heavy (non-hydrogen) atoms. The first-order valence-electron chi connectivity index (χ1n) is 9.79. The van der Waals surface area contributed by atoms with Crippen molar-refractivity contribution in [1.82, 2.24) is 10.2 Å². The molecule has 1 N–H and O–H groups in total. The van der Waals surface area contributed by atoms with Crippen molar-refractivity contribution >= 4 is 17.7 Å². The lowest BCUT2D eigenvalue weighted by Gasteiger charge is -2.35. The minimum atomic E-state index is -2.87. The van der Waals surface area contributed by atoms with Gasteiger partial charge in [-0.2, -0.15) is 0 Å².